The minimum absolute atomic E-state index is 0.100. The van der Waals surface area contributed by atoms with Gasteiger partial charge in [-0.15, -0.1) is 5.10 Å². The van der Waals surface area contributed by atoms with Crippen molar-refractivity contribution in [1.29, 1.82) is 5.26 Å². The highest BCUT2D eigenvalue weighted by Gasteiger charge is 2.45. The molecule has 0 unspecified atom stereocenters. The number of aliphatic carboxylic acids is 1. The van der Waals surface area contributed by atoms with Gasteiger partial charge in [-0.2, -0.15) is 18.4 Å². The zero-order valence-corrected chi connectivity index (χ0v) is 18.8. The maximum Gasteiger partial charge on any atom is 0.490 e. The SMILES string of the molecule is N#Cc1ccccc1NC(=O)c1ccc2cnc(N[C@@H]3CCCC(F)(F)[C@@H]3N)nn12.O=C(O)C(F)(F)F. The number of hydrogen-bond acceptors (Lipinski definition) is 7. The summed E-state index contributed by atoms with van der Waals surface area (Å²) >= 11 is 0. The molecule has 2 heterocycles. The fourth-order valence-corrected chi connectivity index (χ4v) is 3.54. The first-order valence-electron chi connectivity index (χ1n) is 10.7. The first kappa shape index (κ1) is 27.3. The number of amides is 1. The highest BCUT2D eigenvalue weighted by atomic mass is 19.4. The number of nitrogens with one attached hydrogen (secondary N) is 2. The van der Waals surface area contributed by atoms with Crippen LogP contribution in [0.4, 0.5) is 33.6 Å². The molecule has 0 spiro atoms. The topological polar surface area (TPSA) is 158 Å². The summed E-state index contributed by atoms with van der Waals surface area (Å²) in [4.78, 5) is 25.8. The summed E-state index contributed by atoms with van der Waals surface area (Å²) in [7, 11) is 0. The second kappa shape index (κ2) is 10.7. The Kier molecular flexibility index (Phi) is 7.92. The van der Waals surface area contributed by atoms with E-state index >= 15 is 0 Å². The van der Waals surface area contributed by atoms with Crippen molar-refractivity contribution in [2.45, 2.75) is 43.4 Å². The van der Waals surface area contributed by atoms with Gasteiger partial charge in [0.2, 0.25) is 5.95 Å². The quantitative estimate of drug-likeness (QED) is 0.377. The molecular formula is C22H20F5N7O3. The van der Waals surface area contributed by atoms with E-state index < -0.39 is 36.1 Å². The Morgan fingerprint density at radius 2 is 1.89 bits per heavy atom. The number of hydrogen-bond donors (Lipinski definition) is 4. The van der Waals surface area contributed by atoms with Gasteiger partial charge in [0.25, 0.3) is 11.8 Å². The second-order valence-electron chi connectivity index (χ2n) is 7.98. The number of carbonyl (C=O) groups excluding carboxylic acids is 1. The Morgan fingerprint density at radius 3 is 2.54 bits per heavy atom. The Hall–Kier alpha value is -4.32. The van der Waals surface area contributed by atoms with E-state index in [-0.39, 0.29) is 18.1 Å². The molecule has 1 amide bonds. The summed E-state index contributed by atoms with van der Waals surface area (Å²) in [6.07, 6.45) is -3.02. The summed E-state index contributed by atoms with van der Waals surface area (Å²) in [6, 6.07) is 9.85. The molecule has 2 atom stereocenters. The molecule has 1 aromatic carbocycles. The number of nitriles is 1. The van der Waals surface area contributed by atoms with Crippen LogP contribution in [0.2, 0.25) is 0 Å². The van der Waals surface area contributed by atoms with Crippen LogP contribution in [0.5, 0.6) is 0 Å². The first-order valence-corrected chi connectivity index (χ1v) is 10.7. The van der Waals surface area contributed by atoms with Crippen molar-refractivity contribution >= 4 is 29.0 Å². The van der Waals surface area contributed by atoms with Crippen LogP contribution in [0.1, 0.15) is 35.3 Å². The van der Waals surface area contributed by atoms with Crippen molar-refractivity contribution < 1.29 is 36.6 Å². The van der Waals surface area contributed by atoms with Gasteiger partial charge < -0.3 is 21.5 Å². The molecule has 15 heteroatoms. The van der Waals surface area contributed by atoms with Crippen molar-refractivity contribution in [3.63, 3.8) is 0 Å². The van der Waals surface area contributed by atoms with Crippen LogP contribution in [0.25, 0.3) is 5.52 Å². The molecule has 37 heavy (non-hydrogen) atoms. The minimum Gasteiger partial charge on any atom is -0.475 e. The predicted molar refractivity (Wildman–Crippen MR) is 120 cm³/mol. The Morgan fingerprint density at radius 1 is 1.22 bits per heavy atom. The van der Waals surface area contributed by atoms with Gasteiger partial charge in [0, 0.05) is 6.42 Å². The largest absolute Gasteiger partial charge is 0.490 e. The molecule has 0 aliphatic heterocycles. The number of carbonyl (C=O) groups is 2. The van der Waals surface area contributed by atoms with Gasteiger partial charge in [-0.05, 0) is 37.1 Å². The normalized spacial score (nSPS) is 18.7. The van der Waals surface area contributed by atoms with Crippen LogP contribution in [-0.2, 0) is 4.79 Å². The maximum absolute atomic E-state index is 13.9. The van der Waals surface area contributed by atoms with Gasteiger partial charge in [-0.25, -0.2) is 23.1 Å². The van der Waals surface area contributed by atoms with E-state index in [2.05, 4.69) is 20.7 Å². The fraction of sp³-hybridized carbons (Fsp3) is 0.318. The Labute approximate surface area is 205 Å². The number of halogens is 5. The third kappa shape index (κ3) is 6.47. The molecule has 2 aromatic heterocycles. The van der Waals surface area contributed by atoms with Crippen LogP contribution >= 0.6 is 0 Å². The lowest BCUT2D eigenvalue weighted by atomic mass is 9.87. The molecule has 1 aliphatic carbocycles. The number of alkyl halides is 5. The predicted octanol–water partition coefficient (Wildman–Crippen LogP) is 3.41. The van der Waals surface area contributed by atoms with Crippen LogP contribution in [0.15, 0.2) is 42.6 Å². The highest BCUT2D eigenvalue weighted by molar-refractivity contribution is 6.04. The summed E-state index contributed by atoms with van der Waals surface area (Å²) in [6.45, 7) is 0. The minimum atomic E-state index is -5.08. The van der Waals surface area contributed by atoms with Crippen molar-refractivity contribution in [2.24, 2.45) is 5.73 Å². The number of nitrogens with zero attached hydrogens (tertiary/aromatic N) is 4. The van der Waals surface area contributed by atoms with E-state index in [1.54, 1.807) is 36.4 Å². The van der Waals surface area contributed by atoms with E-state index in [1.807, 2.05) is 6.07 Å². The van der Waals surface area contributed by atoms with E-state index in [0.29, 0.717) is 29.6 Å². The molecule has 196 valence electrons. The van der Waals surface area contributed by atoms with Gasteiger partial charge >= 0.3 is 12.1 Å². The van der Waals surface area contributed by atoms with Crippen LogP contribution in [-0.4, -0.2) is 55.8 Å². The average Bonchev–Trinajstić information content (AvgIpc) is 3.25. The Bertz CT molecular complexity index is 1340. The maximum atomic E-state index is 13.9. The fourth-order valence-electron chi connectivity index (χ4n) is 3.54. The third-order valence-electron chi connectivity index (χ3n) is 5.43. The van der Waals surface area contributed by atoms with E-state index in [4.69, 9.17) is 15.6 Å². The van der Waals surface area contributed by atoms with Crippen molar-refractivity contribution in [2.75, 3.05) is 10.6 Å². The zero-order valence-electron chi connectivity index (χ0n) is 18.8. The van der Waals surface area contributed by atoms with Crippen molar-refractivity contribution in [3.05, 3.63) is 53.9 Å². The first-order chi connectivity index (χ1) is 17.3. The molecular weight excluding hydrogens is 505 g/mol. The molecule has 10 nitrogen and oxygen atoms in total. The number of anilines is 2. The number of para-hydroxylation sites is 1. The lowest BCUT2D eigenvalue weighted by Gasteiger charge is -2.35. The number of nitrogens with two attached hydrogens (primary N) is 1. The van der Waals surface area contributed by atoms with Crippen molar-refractivity contribution in [1.82, 2.24) is 14.6 Å². The molecule has 0 bridgehead atoms. The smallest absolute Gasteiger partial charge is 0.475 e. The Balaban J connectivity index is 0.000000479. The number of fused-ring (bicyclic) bond motifs is 1. The standard InChI is InChI=1S/C20H19F2N7O.C2HF3O2/c21-20(22)9-3-6-15(17(20)24)27-19-25-11-13-7-8-16(29(13)28-19)18(30)26-14-5-2-1-4-12(14)10-23;3-2(4,5)1(6)7/h1-2,4-5,7-8,11,15,17H,3,6,9,24H2,(H,26,30)(H,27,28);(H,6,7)/t15-,17-;/m1./s1. The second-order valence-corrected chi connectivity index (χ2v) is 7.98. The van der Waals surface area contributed by atoms with E-state index in [0.717, 1.165) is 0 Å². The number of carboxylic acid groups (broad SMARTS) is 1. The van der Waals surface area contributed by atoms with Crippen LogP contribution < -0.4 is 16.4 Å². The van der Waals surface area contributed by atoms with Crippen molar-refractivity contribution in [3.8, 4) is 6.07 Å². The zero-order chi connectivity index (χ0) is 27.4. The molecule has 5 N–H and O–H groups in total. The number of carboxylic acids is 1. The van der Waals surface area contributed by atoms with E-state index in [1.165, 1.54) is 10.7 Å². The summed E-state index contributed by atoms with van der Waals surface area (Å²) in [5.41, 5.74) is 7.19. The third-order valence-corrected chi connectivity index (χ3v) is 5.43. The lowest BCUT2D eigenvalue weighted by molar-refractivity contribution is -0.192. The highest BCUT2D eigenvalue weighted by Crippen LogP contribution is 2.33. The molecule has 1 aliphatic rings. The molecule has 1 saturated carbocycles. The van der Waals surface area contributed by atoms with Gasteiger partial charge in [0.05, 0.1) is 35.0 Å². The number of aromatic nitrogens is 3. The van der Waals surface area contributed by atoms with Gasteiger partial charge in [-0.1, -0.05) is 12.1 Å². The van der Waals surface area contributed by atoms with Gasteiger partial charge in [-0.3, -0.25) is 4.79 Å². The average molecular weight is 525 g/mol. The molecule has 0 saturated heterocycles. The van der Waals surface area contributed by atoms with Gasteiger partial charge in [0.15, 0.2) is 0 Å². The summed E-state index contributed by atoms with van der Waals surface area (Å²) < 4.78 is 60.9. The monoisotopic (exact) mass is 525 g/mol. The molecule has 0 radical (unpaired) electrons. The van der Waals surface area contributed by atoms with Crippen LogP contribution in [0.3, 0.4) is 0 Å². The number of benzene rings is 1. The molecule has 1 fully saturated rings. The molecule has 4 rings (SSSR count). The summed E-state index contributed by atoms with van der Waals surface area (Å²) in [5, 5.41) is 26.2. The van der Waals surface area contributed by atoms with Gasteiger partial charge in [0.1, 0.15) is 11.8 Å². The molecule has 3 aromatic rings. The summed E-state index contributed by atoms with van der Waals surface area (Å²) in [5.74, 6) is -6.08. The number of rotatable bonds is 4. The van der Waals surface area contributed by atoms with Crippen LogP contribution in [0, 0.1) is 11.3 Å². The van der Waals surface area contributed by atoms with E-state index in [9.17, 15) is 32.0 Å². The lowest BCUT2D eigenvalue weighted by Crippen LogP contribution is -2.55.